The van der Waals surface area contributed by atoms with Crippen molar-refractivity contribution in [1.82, 2.24) is 9.97 Å². The van der Waals surface area contributed by atoms with E-state index >= 15 is 0 Å². The van der Waals surface area contributed by atoms with Crippen molar-refractivity contribution in [2.75, 3.05) is 11.9 Å². The Morgan fingerprint density at radius 3 is 2.70 bits per heavy atom. The van der Waals surface area contributed by atoms with Gasteiger partial charge in [-0.05, 0) is 38.5 Å². The summed E-state index contributed by atoms with van der Waals surface area (Å²) in [6, 6.07) is 4.60. The zero-order valence-electron chi connectivity index (χ0n) is 13.1. The minimum Gasteiger partial charge on any atom is -0.488 e. The predicted octanol–water partition coefficient (Wildman–Crippen LogP) is 3.30. The first kappa shape index (κ1) is 16.8. The summed E-state index contributed by atoms with van der Waals surface area (Å²) in [6.07, 6.45) is -1.24. The highest BCUT2D eigenvalue weighted by Crippen LogP contribution is 2.20. The van der Waals surface area contributed by atoms with Gasteiger partial charge in [-0.15, -0.1) is 0 Å². The van der Waals surface area contributed by atoms with Gasteiger partial charge in [0.2, 0.25) is 0 Å². The molecular formula is C16H17F2N3O2. The summed E-state index contributed by atoms with van der Waals surface area (Å²) in [6.45, 7) is 4.81. The van der Waals surface area contributed by atoms with Crippen LogP contribution in [0.25, 0.3) is 0 Å². The van der Waals surface area contributed by atoms with E-state index in [9.17, 15) is 13.6 Å². The van der Waals surface area contributed by atoms with E-state index in [1.165, 1.54) is 18.3 Å². The quantitative estimate of drug-likeness (QED) is 0.918. The molecule has 0 aromatic carbocycles. The van der Waals surface area contributed by atoms with E-state index in [0.29, 0.717) is 11.4 Å². The average molecular weight is 321 g/mol. The van der Waals surface area contributed by atoms with Gasteiger partial charge in [0.15, 0.2) is 0 Å². The fourth-order valence-electron chi connectivity index (χ4n) is 2.17. The zero-order chi connectivity index (χ0) is 17.0. The fraction of sp³-hybridized carbons (Fsp3) is 0.312. The van der Waals surface area contributed by atoms with Crippen molar-refractivity contribution in [3.8, 4) is 5.75 Å². The Balaban J connectivity index is 2.17. The van der Waals surface area contributed by atoms with Gasteiger partial charge in [-0.2, -0.15) is 0 Å². The van der Waals surface area contributed by atoms with Crippen LogP contribution in [0.3, 0.4) is 0 Å². The number of ether oxygens (including phenoxy) is 1. The molecule has 0 radical (unpaired) electrons. The van der Waals surface area contributed by atoms with Crippen molar-refractivity contribution in [3.63, 3.8) is 0 Å². The molecule has 0 unspecified atom stereocenters. The third-order valence-electron chi connectivity index (χ3n) is 3.10. The van der Waals surface area contributed by atoms with Crippen molar-refractivity contribution in [2.45, 2.75) is 27.2 Å². The second-order valence-electron chi connectivity index (χ2n) is 5.07. The van der Waals surface area contributed by atoms with Gasteiger partial charge < -0.3 is 10.1 Å². The molecule has 1 N–H and O–H groups in total. The number of alkyl halides is 2. The molecule has 23 heavy (non-hydrogen) atoms. The van der Waals surface area contributed by atoms with Crippen LogP contribution in [0.15, 0.2) is 24.4 Å². The molecular weight excluding hydrogens is 304 g/mol. The lowest BCUT2D eigenvalue weighted by Crippen LogP contribution is -2.16. The highest BCUT2D eigenvalue weighted by atomic mass is 19.3. The monoisotopic (exact) mass is 321 g/mol. The number of hydrogen-bond acceptors (Lipinski definition) is 4. The minimum absolute atomic E-state index is 0.0798. The molecule has 5 nitrogen and oxygen atoms in total. The molecule has 0 saturated heterocycles. The number of amides is 1. The Morgan fingerprint density at radius 1 is 1.30 bits per heavy atom. The second-order valence-corrected chi connectivity index (χ2v) is 5.07. The molecule has 0 aliphatic carbocycles. The van der Waals surface area contributed by atoms with Gasteiger partial charge in [-0.25, -0.2) is 8.78 Å². The molecule has 2 aromatic heterocycles. The average Bonchev–Trinajstić information content (AvgIpc) is 2.49. The number of aryl methyl sites for hydroxylation is 3. The van der Waals surface area contributed by atoms with Crippen molar-refractivity contribution in [2.24, 2.45) is 0 Å². The Labute approximate surface area is 132 Å². The smallest absolute Gasteiger partial charge is 0.274 e. The number of halogens is 2. The molecule has 0 saturated carbocycles. The third kappa shape index (κ3) is 4.45. The summed E-state index contributed by atoms with van der Waals surface area (Å²) >= 11 is 0. The molecule has 0 aliphatic rings. The van der Waals surface area contributed by atoms with E-state index in [2.05, 4.69) is 15.3 Å². The SMILES string of the molecule is Cc1cc(C)c(NC(=O)c2cc(OCC(F)F)ccn2)c(C)n1. The number of pyridine rings is 2. The number of anilines is 1. The van der Waals surface area contributed by atoms with Gasteiger partial charge in [0, 0.05) is 18.0 Å². The maximum absolute atomic E-state index is 12.3. The largest absolute Gasteiger partial charge is 0.488 e. The molecule has 122 valence electrons. The number of carbonyl (C=O) groups is 1. The molecule has 2 aromatic rings. The number of aromatic nitrogens is 2. The van der Waals surface area contributed by atoms with Crippen LogP contribution in [0, 0.1) is 20.8 Å². The summed E-state index contributed by atoms with van der Waals surface area (Å²) in [5, 5.41) is 2.75. The van der Waals surface area contributed by atoms with Crippen LogP contribution in [-0.2, 0) is 0 Å². The predicted molar refractivity (Wildman–Crippen MR) is 82.1 cm³/mol. The first-order valence-electron chi connectivity index (χ1n) is 7.00. The number of nitrogens with one attached hydrogen (secondary N) is 1. The highest BCUT2D eigenvalue weighted by Gasteiger charge is 2.13. The molecule has 2 heterocycles. The minimum atomic E-state index is -2.58. The van der Waals surface area contributed by atoms with Crippen LogP contribution in [0.4, 0.5) is 14.5 Å². The number of carbonyl (C=O) groups excluding carboxylic acids is 1. The molecule has 0 fully saturated rings. The normalized spacial score (nSPS) is 10.7. The molecule has 0 bridgehead atoms. The Kier molecular flexibility index (Phi) is 5.20. The van der Waals surface area contributed by atoms with E-state index in [1.54, 1.807) is 6.92 Å². The van der Waals surface area contributed by atoms with Gasteiger partial charge >= 0.3 is 0 Å². The molecule has 0 atom stereocenters. The van der Waals surface area contributed by atoms with E-state index in [0.717, 1.165) is 11.3 Å². The first-order valence-corrected chi connectivity index (χ1v) is 7.00. The first-order chi connectivity index (χ1) is 10.9. The fourth-order valence-corrected chi connectivity index (χ4v) is 2.17. The van der Waals surface area contributed by atoms with E-state index in [-0.39, 0.29) is 11.4 Å². The Bertz CT molecular complexity index is 697. The summed E-state index contributed by atoms with van der Waals surface area (Å²) in [5.41, 5.74) is 3.13. The summed E-state index contributed by atoms with van der Waals surface area (Å²) in [5.74, 6) is -0.287. The van der Waals surface area contributed by atoms with Gasteiger partial charge in [0.25, 0.3) is 12.3 Å². The zero-order valence-corrected chi connectivity index (χ0v) is 13.1. The Morgan fingerprint density at radius 2 is 2.04 bits per heavy atom. The number of rotatable bonds is 5. The van der Waals surface area contributed by atoms with Crippen LogP contribution >= 0.6 is 0 Å². The van der Waals surface area contributed by atoms with Crippen molar-refractivity contribution >= 4 is 11.6 Å². The van der Waals surface area contributed by atoms with Crippen molar-refractivity contribution in [3.05, 3.63) is 47.0 Å². The van der Waals surface area contributed by atoms with E-state index in [4.69, 9.17) is 4.74 Å². The molecule has 7 heteroatoms. The lowest BCUT2D eigenvalue weighted by molar-refractivity contribution is 0.0818. The summed E-state index contributed by atoms with van der Waals surface area (Å²) in [4.78, 5) is 20.5. The molecule has 1 amide bonds. The van der Waals surface area contributed by atoms with Gasteiger partial charge in [0.05, 0.1) is 11.4 Å². The maximum Gasteiger partial charge on any atom is 0.274 e. The van der Waals surface area contributed by atoms with Crippen LogP contribution in [-0.4, -0.2) is 28.9 Å². The van der Waals surface area contributed by atoms with Crippen molar-refractivity contribution < 1.29 is 18.3 Å². The van der Waals surface area contributed by atoms with E-state index in [1.807, 2.05) is 19.9 Å². The van der Waals surface area contributed by atoms with Crippen LogP contribution in [0.1, 0.15) is 27.4 Å². The van der Waals surface area contributed by atoms with Crippen LogP contribution < -0.4 is 10.1 Å². The highest BCUT2D eigenvalue weighted by molar-refractivity contribution is 6.03. The summed E-state index contributed by atoms with van der Waals surface area (Å²) in [7, 11) is 0. The number of hydrogen-bond donors (Lipinski definition) is 1. The standard InChI is InChI=1S/C16H17F2N3O2/c1-9-6-10(2)20-11(3)15(9)21-16(22)13-7-12(4-5-19-13)23-8-14(17)18/h4-7,14H,8H2,1-3H3,(H,21,22). The van der Waals surface area contributed by atoms with Crippen molar-refractivity contribution in [1.29, 1.82) is 0 Å². The lowest BCUT2D eigenvalue weighted by atomic mass is 10.1. The third-order valence-corrected chi connectivity index (χ3v) is 3.10. The number of nitrogens with zero attached hydrogens (tertiary/aromatic N) is 2. The second kappa shape index (κ2) is 7.13. The summed E-state index contributed by atoms with van der Waals surface area (Å²) < 4.78 is 29.2. The van der Waals surface area contributed by atoms with Gasteiger partial charge in [-0.1, -0.05) is 0 Å². The topological polar surface area (TPSA) is 64.1 Å². The lowest BCUT2D eigenvalue weighted by Gasteiger charge is -2.12. The van der Waals surface area contributed by atoms with Gasteiger partial charge in [-0.3, -0.25) is 14.8 Å². The van der Waals surface area contributed by atoms with Crippen LogP contribution in [0.5, 0.6) is 5.75 Å². The molecule has 2 rings (SSSR count). The molecule has 0 aliphatic heterocycles. The van der Waals surface area contributed by atoms with Crippen LogP contribution in [0.2, 0.25) is 0 Å². The Hall–Kier alpha value is -2.57. The maximum atomic E-state index is 12.3. The van der Waals surface area contributed by atoms with Gasteiger partial charge in [0.1, 0.15) is 18.1 Å². The van der Waals surface area contributed by atoms with E-state index < -0.39 is 18.9 Å². The molecule has 0 spiro atoms.